The molecular formula is C33H32N4O4. The number of H-pyrrole nitrogens is 1. The summed E-state index contributed by atoms with van der Waals surface area (Å²) in [6.07, 6.45) is 6.30. The fourth-order valence-electron chi connectivity index (χ4n) is 4.92. The lowest BCUT2D eigenvalue weighted by Gasteiger charge is -2.34. The molecule has 0 saturated heterocycles. The third-order valence-electron chi connectivity index (χ3n) is 6.78. The van der Waals surface area contributed by atoms with Gasteiger partial charge in [0.1, 0.15) is 13.2 Å². The van der Waals surface area contributed by atoms with Crippen molar-refractivity contribution in [2.24, 2.45) is 5.10 Å². The van der Waals surface area contributed by atoms with Gasteiger partial charge in [0.25, 0.3) is 5.91 Å². The van der Waals surface area contributed by atoms with Gasteiger partial charge in [0.05, 0.1) is 12.8 Å². The number of hydrogen-bond acceptors (Lipinski definition) is 6. The van der Waals surface area contributed by atoms with E-state index in [9.17, 15) is 9.59 Å². The number of amides is 1. The molecule has 0 unspecified atom stereocenters. The molecule has 1 amide bonds. The molecule has 1 aromatic heterocycles. The Labute approximate surface area is 239 Å². The molecule has 2 heterocycles. The van der Waals surface area contributed by atoms with E-state index in [0.717, 1.165) is 44.4 Å². The van der Waals surface area contributed by atoms with Crippen molar-refractivity contribution in [2.45, 2.75) is 26.9 Å². The smallest absolute Gasteiger partial charge is 0.325 e. The number of hydrogen-bond donors (Lipinski definition) is 2. The fraction of sp³-hybridized carbons (Fsp3) is 0.182. The number of aromatic nitrogens is 1. The first-order valence-corrected chi connectivity index (χ1v) is 13.5. The van der Waals surface area contributed by atoms with Crippen LogP contribution in [0.2, 0.25) is 0 Å². The number of hydrazone groups is 1. The van der Waals surface area contributed by atoms with Crippen LogP contribution in [0.3, 0.4) is 0 Å². The monoisotopic (exact) mass is 548 g/mol. The minimum atomic E-state index is -0.557. The zero-order valence-electron chi connectivity index (χ0n) is 23.3. The molecule has 0 radical (unpaired) electrons. The number of methoxy groups -OCH3 is 1. The summed E-state index contributed by atoms with van der Waals surface area (Å²) < 4.78 is 11.2. The van der Waals surface area contributed by atoms with Crippen LogP contribution >= 0.6 is 0 Å². The van der Waals surface area contributed by atoms with Gasteiger partial charge in [0.2, 0.25) is 0 Å². The molecule has 5 rings (SSSR count). The summed E-state index contributed by atoms with van der Waals surface area (Å²) in [4.78, 5) is 28.9. The van der Waals surface area contributed by atoms with Gasteiger partial charge in [-0.3, -0.25) is 9.59 Å². The van der Waals surface area contributed by atoms with Crippen molar-refractivity contribution in [3.8, 4) is 11.1 Å². The Kier molecular flexibility index (Phi) is 8.29. The minimum Gasteiger partial charge on any atom is -0.486 e. The summed E-state index contributed by atoms with van der Waals surface area (Å²) in [5, 5.41) is 10.0. The molecule has 1 aliphatic rings. The highest BCUT2D eigenvalue weighted by atomic mass is 16.5. The number of benzene rings is 3. The summed E-state index contributed by atoms with van der Waals surface area (Å²) in [6.45, 7) is 3.78. The second-order valence-electron chi connectivity index (χ2n) is 9.40. The van der Waals surface area contributed by atoms with Gasteiger partial charge < -0.3 is 19.8 Å². The number of rotatable bonds is 9. The maximum atomic E-state index is 13.8. The lowest BCUT2D eigenvalue weighted by atomic mass is 9.88. The Morgan fingerprint density at radius 1 is 1.02 bits per heavy atom. The molecule has 8 nitrogen and oxygen atoms in total. The average molecular weight is 549 g/mol. The first-order chi connectivity index (χ1) is 20.0. The van der Waals surface area contributed by atoms with Crippen LogP contribution in [0.1, 0.15) is 37.0 Å². The number of aromatic amines is 1. The average Bonchev–Trinajstić information content (AvgIpc) is 3.48. The van der Waals surface area contributed by atoms with Crippen LogP contribution in [0.4, 0.5) is 0 Å². The quantitative estimate of drug-likeness (QED) is 0.195. The lowest BCUT2D eigenvalue weighted by molar-refractivity contribution is -0.140. The molecule has 0 atom stereocenters. The molecule has 0 aliphatic carbocycles. The first kappa shape index (κ1) is 27.5. The van der Waals surface area contributed by atoms with E-state index in [2.05, 4.69) is 39.7 Å². The molecule has 2 N–H and O–H groups in total. The fourth-order valence-corrected chi connectivity index (χ4v) is 4.92. The predicted molar refractivity (Wildman–Crippen MR) is 161 cm³/mol. The van der Waals surface area contributed by atoms with Crippen molar-refractivity contribution in [3.63, 3.8) is 0 Å². The highest BCUT2D eigenvalue weighted by Gasteiger charge is 2.36. The number of nitrogens with one attached hydrogen (secondary N) is 2. The van der Waals surface area contributed by atoms with Crippen LogP contribution in [0.5, 0.6) is 0 Å². The zero-order valence-corrected chi connectivity index (χ0v) is 23.3. The van der Waals surface area contributed by atoms with Crippen LogP contribution in [0.15, 0.2) is 95.9 Å². The van der Waals surface area contributed by atoms with Crippen molar-refractivity contribution in [1.82, 2.24) is 15.3 Å². The van der Waals surface area contributed by atoms with Gasteiger partial charge in [0.15, 0.2) is 11.5 Å². The summed E-state index contributed by atoms with van der Waals surface area (Å²) >= 11 is 0. The molecule has 0 spiro atoms. The second kappa shape index (κ2) is 12.4. The number of fused-ring (bicyclic) bond motifs is 2. The Balaban J connectivity index is 1.73. The number of carbonyl (C=O) groups excluding carboxylic acids is 2. The van der Waals surface area contributed by atoms with Crippen molar-refractivity contribution >= 4 is 40.5 Å². The van der Waals surface area contributed by atoms with E-state index in [1.54, 1.807) is 18.1 Å². The maximum absolute atomic E-state index is 13.8. The summed E-state index contributed by atoms with van der Waals surface area (Å²) in [7, 11) is 1.28. The minimum absolute atomic E-state index is 0.187. The predicted octanol–water partition coefficient (Wildman–Crippen LogP) is 6.08. The van der Waals surface area contributed by atoms with Crippen molar-refractivity contribution in [1.29, 1.82) is 0 Å². The first-order valence-electron chi connectivity index (χ1n) is 13.5. The number of ether oxygens (including phenoxy) is 2. The Hall–Kier alpha value is -5.11. The molecule has 0 saturated carbocycles. The van der Waals surface area contributed by atoms with Gasteiger partial charge in [-0.1, -0.05) is 73.7 Å². The highest BCUT2D eigenvalue weighted by molar-refractivity contribution is 6.06. The van der Waals surface area contributed by atoms with E-state index >= 15 is 0 Å². The van der Waals surface area contributed by atoms with Gasteiger partial charge in [-0.25, -0.2) is 5.01 Å². The zero-order chi connectivity index (χ0) is 28.8. The van der Waals surface area contributed by atoms with E-state index in [1.807, 2.05) is 67.7 Å². The molecule has 0 bridgehead atoms. The molecular weight excluding hydrogens is 516 g/mol. The van der Waals surface area contributed by atoms with Crippen LogP contribution < -0.4 is 5.32 Å². The lowest BCUT2D eigenvalue weighted by Crippen LogP contribution is -2.38. The summed E-state index contributed by atoms with van der Waals surface area (Å²) in [5.74, 6) is -0.693. The number of carbonyl (C=O) groups is 2. The Bertz CT molecular complexity index is 1670. The van der Waals surface area contributed by atoms with E-state index < -0.39 is 11.9 Å². The van der Waals surface area contributed by atoms with Crippen molar-refractivity contribution in [3.05, 3.63) is 107 Å². The van der Waals surface area contributed by atoms with Gasteiger partial charge in [-0.15, -0.1) is 0 Å². The van der Waals surface area contributed by atoms with E-state index in [4.69, 9.17) is 9.47 Å². The Morgan fingerprint density at radius 2 is 1.83 bits per heavy atom. The van der Waals surface area contributed by atoms with Gasteiger partial charge in [-0.2, -0.15) is 5.10 Å². The maximum Gasteiger partial charge on any atom is 0.325 e. The normalized spacial score (nSPS) is 14.0. The third-order valence-corrected chi connectivity index (χ3v) is 6.78. The highest BCUT2D eigenvalue weighted by Crippen LogP contribution is 2.44. The van der Waals surface area contributed by atoms with Crippen molar-refractivity contribution < 1.29 is 19.1 Å². The molecule has 4 aromatic rings. The largest absolute Gasteiger partial charge is 0.486 e. The summed E-state index contributed by atoms with van der Waals surface area (Å²) in [6, 6.07) is 24.1. The second-order valence-corrected chi connectivity index (χ2v) is 9.40. The topological polar surface area (TPSA) is 96.0 Å². The number of esters is 1. The van der Waals surface area contributed by atoms with Crippen molar-refractivity contribution in [2.75, 3.05) is 13.7 Å². The SMILES string of the molecule is C/C=N\N1C(=CCC)c2c(cccc2-c2ccc3cc[nH]c3c2)C(OCc2ccccc2)=C1C(=O)NCC(=O)OC. The summed E-state index contributed by atoms with van der Waals surface area (Å²) in [5.41, 5.74) is 6.56. The van der Waals surface area contributed by atoms with E-state index in [0.29, 0.717) is 12.2 Å². The molecule has 3 aromatic carbocycles. The van der Waals surface area contributed by atoms with E-state index in [1.165, 1.54) is 7.11 Å². The number of allylic oxidation sites excluding steroid dienone is 1. The number of nitrogens with zero attached hydrogens (tertiary/aromatic N) is 2. The van der Waals surface area contributed by atoms with Gasteiger partial charge in [0, 0.05) is 29.1 Å². The van der Waals surface area contributed by atoms with Crippen LogP contribution in [-0.4, -0.2) is 41.7 Å². The third kappa shape index (κ3) is 5.63. The standard InChI is InChI=1S/C33H32N4O4/c1-4-10-28-30-25(24-16-15-23-17-18-34-27(23)19-24)13-9-14-26(30)32(41-21-22-11-7-6-8-12-22)31(37(28)36-5-2)33(39)35-20-29(38)40-3/h5-19,34H,4,20-21H2,1-3H3,(H,35,39)/b28-10?,36-5-. The van der Waals surface area contributed by atoms with Gasteiger partial charge in [-0.05, 0) is 47.6 Å². The van der Waals surface area contributed by atoms with Crippen LogP contribution in [0, 0.1) is 0 Å². The van der Waals surface area contributed by atoms with Gasteiger partial charge >= 0.3 is 5.97 Å². The molecule has 1 aliphatic heterocycles. The molecule has 208 valence electrons. The Morgan fingerprint density at radius 3 is 2.59 bits per heavy atom. The van der Waals surface area contributed by atoms with Crippen LogP contribution in [-0.2, 0) is 25.7 Å². The van der Waals surface area contributed by atoms with Crippen LogP contribution in [0.25, 0.3) is 33.5 Å². The molecule has 0 fully saturated rings. The molecule has 41 heavy (non-hydrogen) atoms. The molecule has 8 heteroatoms. The van der Waals surface area contributed by atoms with E-state index in [-0.39, 0.29) is 18.8 Å².